The Balaban J connectivity index is 2.41. The van der Waals surface area contributed by atoms with Gasteiger partial charge in [-0.2, -0.15) is 0 Å². The predicted octanol–water partition coefficient (Wildman–Crippen LogP) is 0.704. The molecule has 0 aliphatic heterocycles. The quantitative estimate of drug-likeness (QED) is 0.795. The van der Waals surface area contributed by atoms with Crippen LogP contribution in [0.2, 0.25) is 0 Å². The summed E-state index contributed by atoms with van der Waals surface area (Å²) in [6, 6.07) is 3.39. The molecule has 6 heteroatoms. The Bertz CT molecular complexity index is 595. The highest BCUT2D eigenvalue weighted by Gasteiger charge is 2.11. The van der Waals surface area contributed by atoms with Gasteiger partial charge in [-0.05, 0) is 6.07 Å². The summed E-state index contributed by atoms with van der Waals surface area (Å²) >= 11 is 0. The molecule has 0 atom stereocenters. The van der Waals surface area contributed by atoms with E-state index >= 15 is 0 Å². The molecule has 0 saturated heterocycles. The first-order valence-electron chi connectivity index (χ1n) is 5.33. The SMILES string of the molecule is COc1ccnc(Cn2cccnc2=O)c1OC. The van der Waals surface area contributed by atoms with Gasteiger partial charge in [0.05, 0.1) is 20.8 Å². The van der Waals surface area contributed by atoms with Crippen LogP contribution >= 0.6 is 0 Å². The molecule has 0 N–H and O–H groups in total. The molecule has 0 aliphatic carbocycles. The average Bonchev–Trinajstić information content (AvgIpc) is 2.41. The number of aromatic nitrogens is 3. The molecule has 2 heterocycles. The molecule has 18 heavy (non-hydrogen) atoms. The van der Waals surface area contributed by atoms with Gasteiger partial charge in [0.15, 0.2) is 11.5 Å². The molecule has 0 fully saturated rings. The van der Waals surface area contributed by atoms with Crippen LogP contribution in [0.4, 0.5) is 0 Å². The lowest BCUT2D eigenvalue weighted by molar-refractivity contribution is 0.348. The Morgan fingerprint density at radius 2 is 2.06 bits per heavy atom. The predicted molar refractivity (Wildman–Crippen MR) is 64.9 cm³/mol. The maximum atomic E-state index is 11.5. The van der Waals surface area contributed by atoms with Gasteiger partial charge in [0.1, 0.15) is 5.69 Å². The number of methoxy groups -OCH3 is 2. The molecule has 0 aromatic carbocycles. The van der Waals surface area contributed by atoms with Crippen LogP contribution in [0.3, 0.4) is 0 Å². The van der Waals surface area contributed by atoms with Crippen LogP contribution in [0.1, 0.15) is 5.69 Å². The molecule has 2 aromatic rings. The molecule has 94 valence electrons. The van der Waals surface area contributed by atoms with E-state index < -0.39 is 0 Å². The standard InChI is InChI=1S/C12H13N3O3/c1-17-10-4-6-13-9(11(10)18-2)8-15-7-3-5-14-12(15)16/h3-7H,8H2,1-2H3. The van der Waals surface area contributed by atoms with Crippen molar-refractivity contribution < 1.29 is 9.47 Å². The third-order valence-electron chi connectivity index (χ3n) is 2.47. The van der Waals surface area contributed by atoms with Crippen molar-refractivity contribution in [2.45, 2.75) is 6.54 Å². The van der Waals surface area contributed by atoms with Crippen molar-refractivity contribution in [2.75, 3.05) is 14.2 Å². The lowest BCUT2D eigenvalue weighted by Crippen LogP contribution is -2.22. The largest absolute Gasteiger partial charge is 0.493 e. The second-order valence-corrected chi connectivity index (χ2v) is 3.52. The molecular formula is C12H13N3O3. The summed E-state index contributed by atoms with van der Waals surface area (Å²) in [6.07, 6.45) is 4.71. The molecule has 2 rings (SSSR count). The summed E-state index contributed by atoms with van der Waals surface area (Å²) < 4.78 is 11.9. The minimum atomic E-state index is -0.329. The Labute approximate surface area is 104 Å². The highest BCUT2D eigenvalue weighted by Crippen LogP contribution is 2.29. The Morgan fingerprint density at radius 1 is 1.22 bits per heavy atom. The minimum Gasteiger partial charge on any atom is -0.493 e. The minimum absolute atomic E-state index is 0.285. The smallest absolute Gasteiger partial charge is 0.347 e. The van der Waals surface area contributed by atoms with E-state index in [1.807, 2.05) is 0 Å². The average molecular weight is 247 g/mol. The molecule has 6 nitrogen and oxygen atoms in total. The lowest BCUT2D eigenvalue weighted by Gasteiger charge is -2.12. The van der Waals surface area contributed by atoms with Crippen LogP contribution in [-0.4, -0.2) is 28.8 Å². The molecule has 0 bridgehead atoms. The third-order valence-corrected chi connectivity index (χ3v) is 2.47. The first-order valence-corrected chi connectivity index (χ1v) is 5.33. The van der Waals surface area contributed by atoms with Gasteiger partial charge in [-0.1, -0.05) is 0 Å². The number of hydrogen-bond acceptors (Lipinski definition) is 5. The fraction of sp³-hybridized carbons (Fsp3) is 0.250. The monoisotopic (exact) mass is 247 g/mol. The summed E-state index contributed by atoms with van der Waals surface area (Å²) in [5.41, 5.74) is 0.288. The van der Waals surface area contributed by atoms with E-state index in [9.17, 15) is 4.79 Å². The van der Waals surface area contributed by atoms with E-state index in [0.29, 0.717) is 17.2 Å². The van der Waals surface area contributed by atoms with E-state index in [2.05, 4.69) is 9.97 Å². The second kappa shape index (κ2) is 5.31. The van der Waals surface area contributed by atoms with E-state index in [0.717, 1.165) is 0 Å². The van der Waals surface area contributed by atoms with Gasteiger partial charge in [-0.3, -0.25) is 9.55 Å². The third kappa shape index (κ3) is 2.32. The van der Waals surface area contributed by atoms with Crippen LogP contribution < -0.4 is 15.2 Å². The van der Waals surface area contributed by atoms with Crippen molar-refractivity contribution in [1.82, 2.24) is 14.5 Å². The van der Waals surface area contributed by atoms with Crippen LogP contribution in [0.15, 0.2) is 35.5 Å². The maximum Gasteiger partial charge on any atom is 0.347 e. The number of nitrogens with zero attached hydrogens (tertiary/aromatic N) is 3. The molecular weight excluding hydrogens is 234 g/mol. The summed E-state index contributed by atoms with van der Waals surface area (Å²) in [4.78, 5) is 19.4. The first kappa shape index (κ1) is 12.1. The van der Waals surface area contributed by atoms with Crippen molar-refractivity contribution in [3.63, 3.8) is 0 Å². The normalized spacial score (nSPS) is 10.1. The van der Waals surface area contributed by atoms with Gasteiger partial charge in [0.2, 0.25) is 0 Å². The molecule has 0 amide bonds. The zero-order valence-electron chi connectivity index (χ0n) is 10.2. The Hall–Kier alpha value is -2.37. The summed E-state index contributed by atoms with van der Waals surface area (Å²) in [5, 5.41) is 0. The van der Waals surface area contributed by atoms with Gasteiger partial charge >= 0.3 is 5.69 Å². The zero-order chi connectivity index (χ0) is 13.0. The van der Waals surface area contributed by atoms with Crippen LogP contribution in [-0.2, 0) is 6.54 Å². The number of rotatable bonds is 4. The van der Waals surface area contributed by atoms with Crippen molar-refractivity contribution in [1.29, 1.82) is 0 Å². The number of hydrogen-bond donors (Lipinski definition) is 0. The highest BCUT2D eigenvalue weighted by atomic mass is 16.5. The van der Waals surface area contributed by atoms with E-state index in [4.69, 9.17) is 9.47 Å². The zero-order valence-corrected chi connectivity index (χ0v) is 10.2. The van der Waals surface area contributed by atoms with E-state index in [-0.39, 0.29) is 12.2 Å². The van der Waals surface area contributed by atoms with Crippen LogP contribution in [0.25, 0.3) is 0 Å². The summed E-state index contributed by atoms with van der Waals surface area (Å²) in [7, 11) is 3.09. The lowest BCUT2D eigenvalue weighted by atomic mass is 10.3. The highest BCUT2D eigenvalue weighted by molar-refractivity contribution is 5.42. The Kier molecular flexibility index (Phi) is 3.57. The van der Waals surface area contributed by atoms with Gasteiger partial charge in [-0.25, -0.2) is 9.78 Å². The van der Waals surface area contributed by atoms with Crippen molar-refractivity contribution in [3.05, 3.63) is 46.9 Å². The molecule has 0 radical (unpaired) electrons. The molecule has 0 saturated carbocycles. The summed E-state index contributed by atoms with van der Waals surface area (Å²) in [5.74, 6) is 1.11. The van der Waals surface area contributed by atoms with Crippen molar-refractivity contribution in [3.8, 4) is 11.5 Å². The van der Waals surface area contributed by atoms with E-state index in [1.54, 1.807) is 31.6 Å². The fourth-order valence-electron chi connectivity index (χ4n) is 1.63. The van der Waals surface area contributed by atoms with Gasteiger partial charge < -0.3 is 9.47 Å². The van der Waals surface area contributed by atoms with Crippen LogP contribution in [0.5, 0.6) is 11.5 Å². The summed E-state index contributed by atoms with van der Waals surface area (Å²) in [6.45, 7) is 0.285. The molecule has 2 aromatic heterocycles. The van der Waals surface area contributed by atoms with Crippen molar-refractivity contribution >= 4 is 0 Å². The van der Waals surface area contributed by atoms with E-state index in [1.165, 1.54) is 17.9 Å². The number of pyridine rings is 1. The fourth-order valence-corrected chi connectivity index (χ4v) is 1.63. The molecule has 0 aliphatic rings. The number of ether oxygens (including phenoxy) is 2. The topological polar surface area (TPSA) is 66.2 Å². The van der Waals surface area contributed by atoms with Crippen molar-refractivity contribution in [2.24, 2.45) is 0 Å². The Morgan fingerprint density at radius 3 is 2.72 bits per heavy atom. The van der Waals surface area contributed by atoms with Gasteiger partial charge in [0.25, 0.3) is 0 Å². The second-order valence-electron chi connectivity index (χ2n) is 3.52. The molecule has 0 unspecified atom stereocenters. The van der Waals surface area contributed by atoms with Crippen LogP contribution in [0, 0.1) is 0 Å². The first-order chi connectivity index (χ1) is 8.76. The van der Waals surface area contributed by atoms with Gasteiger partial charge in [0, 0.05) is 24.7 Å². The molecule has 0 spiro atoms. The maximum absolute atomic E-state index is 11.5. The van der Waals surface area contributed by atoms with Gasteiger partial charge in [-0.15, -0.1) is 0 Å².